The Labute approximate surface area is 76.9 Å². The third-order valence-electron chi connectivity index (χ3n) is 2.24. The quantitative estimate of drug-likeness (QED) is 0.679. The summed E-state index contributed by atoms with van der Waals surface area (Å²) in [6.07, 6.45) is 1.47. The van der Waals surface area contributed by atoms with Gasteiger partial charge in [-0.2, -0.15) is 0 Å². The van der Waals surface area contributed by atoms with Crippen LogP contribution in [0.5, 0.6) is 5.75 Å². The van der Waals surface area contributed by atoms with Crippen molar-refractivity contribution >= 4 is 9.84 Å². The lowest BCUT2D eigenvalue weighted by Gasteiger charge is -2.15. The first kappa shape index (κ1) is 8.56. The summed E-state index contributed by atoms with van der Waals surface area (Å²) < 4.78 is 23.0. The van der Waals surface area contributed by atoms with Crippen molar-refractivity contribution in [2.45, 2.75) is 17.7 Å². The van der Waals surface area contributed by atoms with E-state index in [1.807, 2.05) is 0 Å². The molecule has 13 heavy (non-hydrogen) atoms. The molecule has 0 spiro atoms. The highest BCUT2D eigenvalue weighted by Crippen LogP contribution is 2.27. The molecule has 0 bridgehead atoms. The maximum atomic E-state index is 11.5. The van der Waals surface area contributed by atoms with Crippen molar-refractivity contribution in [1.29, 1.82) is 0 Å². The van der Waals surface area contributed by atoms with E-state index in [-0.39, 0.29) is 11.5 Å². The van der Waals surface area contributed by atoms with Gasteiger partial charge in [0.15, 0.2) is 9.84 Å². The van der Waals surface area contributed by atoms with E-state index >= 15 is 0 Å². The molecule has 2 rings (SSSR count). The van der Waals surface area contributed by atoms with Crippen molar-refractivity contribution in [2.24, 2.45) is 0 Å². The van der Waals surface area contributed by atoms with Gasteiger partial charge in [-0.3, -0.25) is 0 Å². The SMILES string of the molecule is O=S1(=O)CCCc2ccc(O)cc21. The summed E-state index contributed by atoms with van der Waals surface area (Å²) in [5.41, 5.74) is 0.823. The lowest BCUT2D eigenvalue weighted by atomic mass is 10.1. The largest absolute Gasteiger partial charge is 0.508 e. The zero-order chi connectivity index (χ0) is 9.47. The van der Waals surface area contributed by atoms with Gasteiger partial charge in [-0.15, -0.1) is 0 Å². The Morgan fingerprint density at radius 2 is 2.08 bits per heavy atom. The van der Waals surface area contributed by atoms with Gasteiger partial charge in [-0.1, -0.05) is 6.07 Å². The number of sulfone groups is 1. The zero-order valence-corrected chi connectivity index (χ0v) is 7.84. The van der Waals surface area contributed by atoms with Gasteiger partial charge < -0.3 is 5.11 Å². The molecule has 0 amide bonds. The highest BCUT2D eigenvalue weighted by Gasteiger charge is 2.23. The lowest BCUT2D eigenvalue weighted by Crippen LogP contribution is -2.15. The summed E-state index contributed by atoms with van der Waals surface area (Å²) in [5, 5.41) is 9.16. The molecule has 0 radical (unpaired) electrons. The predicted molar refractivity (Wildman–Crippen MR) is 48.5 cm³/mol. The van der Waals surface area contributed by atoms with Crippen molar-refractivity contribution in [3.63, 3.8) is 0 Å². The molecule has 1 aromatic carbocycles. The second kappa shape index (κ2) is 2.73. The number of phenols is 1. The Kier molecular flexibility index (Phi) is 1.80. The van der Waals surface area contributed by atoms with Crippen LogP contribution in [0.1, 0.15) is 12.0 Å². The fourth-order valence-corrected chi connectivity index (χ4v) is 3.22. The standard InChI is InChI=1S/C9H10O3S/c10-8-4-3-7-2-1-5-13(11,12)9(7)6-8/h3-4,6,10H,1-2,5H2. The van der Waals surface area contributed by atoms with Crippen LogP contribution < -0.4 is 0 Å². The van der Waals surface area contributed by atoms with Crippen LogP contribution in [0.3, 0.4) is 0 Å². The Morgan fingerprint density at radius 3 is 2.85 bits per heavy atom. The summed E-state index contributed by atoms with van der Waals surface area (Å²) in [4.78, 5) is 0.304. The number of hydrogen-bond acceptors (Lipinski definition) is 3. The minimum atomic E-state index is -3.12. The van der Waals surface area contributed by atoms with Crippen LogP contribution in [0.2, 0.25) is 0 Å². The number of phenolic OH excluding ortho intramolecular Hbond substituents is 1. The predicted octanol–water partition coefficient (Wildman–Crippen LogP) is 1.11. The van der Waals surface area contributed by atoms with Crippen LogP contribution in [0.25, 0.3) is 0 Å². The molecule has 0 aromatic heterocycles. The third-order valence-corrected chi connectivity index (χ3v) is 4.12. The molecule has 1 aliphatic rings. The highest BCUT2D eigenvalue weighted by atomic mass is 32.2. The van der Waals surface area contributed by atoms with E-state index in [0.717, 1.165) is 12.0 Å². The molecule has 1 N–H and O–H groups in total. The Morgan fingerprint density at radius 1 is 1.31 bits per heavy atom. The highest BCUT2D eigenvalue weighted by molar-refractivity contribution is 7.91. The van der Waals surface area contributed by atoms with Gasteiger partial charge in [0, 0.05) is 0 Å². The minimum absolute atomic E-state index is 0.0178. The number of rotatable bonds is 0. The number of benzene rings is 1. The van der Waals surface area contributed by atoms with Crippen molar-refractivity contribution in [3.05, 3.63) is 23.8 Å². The normalized spacial score (nSPS) is 19.4. The molecule has 0 aliphatic carbocycles. The van der Waals surface area contributed by atoms with Crippen molar-refractivity contribution in [3.8, 4) is 5.75 Å². The smallest absolute Gasteiger partial charge is 0.178 e. The Bertz CT molecular complexity index is 434. The summed E-state index contributed by atoms with van der Waals surface area (Å²) in [7, 11) is -3.12. The van der Waals surface area contributed by atoms with Gasteiger partial charge in [0.1, 0.15) is 5.75 Å². The molecule has 0 atom stereocenters. The fraction of sp³-hybridized carbons (Fsp3) is 0.333. The lowest BCUT2D eigenvalue weighted by molar-refractivity contribution is 0.472. The average molecular weight is 198 g/mol. The first-order chi connectivity index (χ1) is 6.09. The molecule has 1 aromatic rings. The molecule has 0 unspecified atom stereocenters. The van der Waals surface area contributed by atoms with Crippen molar-refractivity contribution in [1.82, 2.24) is 0 Å². The molecule has 70 valence electrons. The summed E-state index contributed by atoms with van der Waals surface area (Å²) in [6.45, 7) is 0. The zero-order valence-electron chi connectivity index (χ0n) is 7.03. The van der Waals surface area contributed by atoms with Gasteiger partial charge >= 0.3 is 0 Å². The first-order valence-corrected chi connectivity index (χ1v) is 5.79. The molecule has 1 heterocycles. The van der Waals surface area contributed by atoms with E-state index in [4.69, 9.17) is 5.11 Å². The minimum Gasteiger partial charge on any atom is -0.508 e. The first-order valence-electron chi connectivity index (χ1n) is 4.14. The van der Waals surface area contributed by atoms with E-state index in [9.17, 15) is 8.42 Å². The van der Waals surface area contributed by atoms with E-state index in [2.05, 4.69) is 0 Å². The number of aryl methyl sites for hydroxylation is 1. The second-order valence-electron chi connectivity index (χ2n) is 3.21. The number of aromatic hydroxyl groups is 1. The second-order valence-corrected chi connectivity index (χ2v) is 5.29. The molecule has 3 nitrogen and oxygen atoms in total. The van der Waals surface area contributed by atoms with Gasteiger partial charge in [-0.25, -0.2) is 8.42 Å². The van der Waals surface area contributed by atoms with Crippen molar-refractivity contribution in [2.75, 3.05) is 5.75 Å². The fourth-order valence-electron chi connectivity index (χ4n) is 1.60. The van der Waals surface area contributed by atoms with E-state index in [1.54, 1.807) is 6.07 Å². The van der Waals surface area contributed by atoms with Gasteiger partial charge in [0.05, 0.1) is 10.6 Å². The average Bonchev–Trinajstić information content (AvgIpc) is 2.06. The van der Waals surface area contributed by atoms with Crippen LogP contribution in [-0.2, 0) is 16.3 Å². The van der Waals surface area contributed by atoms with E-state index in [0.29, 0.717) is 11.3 Å². The van der Waals surface area contributed by atoms with Gasteiger partial charge in [-0.05, 0) is 30.5 Å². The molecular weight excluding hydrogens is 188 g/mol. The third kappa shape index (κ3) is 1.42. The van der Waals surface area contributed by atoms with Crippen LogP contribution in [0.4, 0.5) is 0 Å². The van der Waals surface area contributed by atoms with Gasteiger partial charge in [0.25, 0.3) is 0 Å². The van der Waals surface area contributed by atoms with E-state index in [1.165, 1.54) is 12.1 Å². The number of fused-ring (bicyclic) bond motifs is 1. The molecule has 1 aliphatic heterocycles. The monoisotopic (exact) mass is 198 g/mol. The van der Waals surface area contributed by atoms with Crippen LogP contribution >= 0.6 is 0 Å². The molecule has 0 saturated heterocycles. The molecular formula is C9H10O3S. The number of hydrogen-bond donors (Lipinski definition) is 1. The Balaban J connectivity index is 2.68. The maximum absolute atomic E-state index is 11.5. The summed E-state index contributed by atoms with van der Waals surface area (Å²) in [5.74, 6) is 0.216. The van der Waals surface area contributed by atoms with Crippen molar-refractivity contribution < 1.29 is 13.5 Å². The van der Waals surface area contributed by atoms with Crippen LogP contribution in [0, 0.1) is 0 Å². The molecule has 0 fully saturated rings. The maximum Gasteiger partial charge on any atom is 0.178 e. The molecule has 0 saturated carbocycles. The topological polar surface area (TPSA) is 54.4 Å². The summed E-state index contributed by atoms with van der Waals surface area (Å²) in [6, 6.07) is 4.55. The van der Waals surface area contributed by atoms with Crippen LogP contribution in [-0.4, -0.2) is 19.3 Å². The van der Waals surface area contributed by atoms with Gasteiger partial charge in [0.2, 0.25) is 0 Å². The summed E-state index contributed by atoms with van der Waals surface area (Å²) >= 11 is 0. The van der Waals surface area contributed by atoms with E-state index < -0.39 is 9.84 Å². The molecule has 4 heteroatoms. The Hall–Kier alpha value is -1.03. The van der Waals surface area contributed by atoms with Crippen LogP contribution in [0.15, 0.2) is 23.1 Å².